The zero-order valence-electron chi connectivity index (χ0n) is 12.2. The molecule has 2 saturated heterocycles. The molecule has 110 valence electrons. The van der Waals surface area contributed by atoms with E-state index in [1.165, 1.54) is 25.1 Å². The van der Waals surface area contributed by atoms with Crippen molar-refractivity contribution >= 4 is 5.69 Å². The van der Waals surface area contributed by atoms with Crippen molar-refractivity contribution in [3.63, 3.8) is 0 Å². The Bertz CT molecular complexity index is 475. The van der Waals surface area contributed by atoms with Crippen molar-refractivity contribution in [2.75, 3.05) is 31.1 Å². The molecule has 3 nitrogen and oxygen atoms in total. The Morgan fingerprint density at radius 1 is 1.35 bits per heavy atom. The highest BCUT2D eigenvalue weighted by atomic mass is 19.1. The molecule has 2 fully saturated rings. The minimum Gasteiger partial charge on any atom is -0.368 e. The monoisotopic (exact) mass is 277 g/mol. The number of anilines is 1. The van der Waals surface area contributed by atoms with E-state index in [1.54, 1.807) is 12.1 Å². The van der Waals surface area contributed by atoms with Gasteiger partial charge in [-0.25, -0.2) is 4.39 Å². The van der Waals surface area contributed by atoms with Crippen molar-refractivity contribution in [3.05, 3.63) is 29.6 Å². The van der Waals surface area contributed by atoms with Crippen LogP contribution in [0.3, 0.4) is 0 Å². The Morgan fingerprint density at radius 2 is 2.20 bits per heavy atom. The third-order valence-electron chi connectivity index (χ3n) is 4.51. The maximum Gasteiger partial charge on any atom is 0.123 e. The van der Waals surface area contributed by atoms with Gasteiger partial charge < -0.3 is 10.6 Å². The molecule has 2 N–H and O–H groups in total. The molecule has 2 aliphatic heterocycles. The molecule has 2 unspecified atom stereocenters. The summed E-state index contributed by atoms with van der Waals surface area (Å²) in [5.41, 5.74) is 8.13. The molecule has 2 heterocycles. The van der Waals surface area contributed by atoms with E-state index in [0.29, 0.717) is 6.04 Å². The van der Waals surface area contributed by atoms with Crippen LogP contribution in [0, 0.1) is 5.82 Å². The zero-order chi connectivity index (χ0) is 14.1. The lowest BCUT2D eigenvalue weighted by Gasteiger charge is -2.39. The topological polar surface area (TPSA) is 32.5 Å². The maximum absolute atomic E-state index is 13.5. The first-order chi connectivity index (χ1) is 9.63. The molecule has 0 radical (unpaired) electrons. The number of rotatable bonds is 3. The van der Waals surface area contributed by atoms with Gasteiger partial charge in [0.05, 0.1) is 0 Å². The van der Waals surface area contributed by atoms with Crippen LogP contribution < -0.4 is 10.6 Å². The minimum atomic E-state index is -0.163. The van der Waals surface area contributed by atoms with Crippen LogP contribution in [-0.4, -0.2) is 43.2 Å². The van der Waals surface area contributed by atoms with Crippen molar-refractivity contribution in [1.82, 2.24) is 4.90 Å². The number of hydrogen-bond donors (Lipinski definition) is 1. The minimum absolute atomic E-state index is 0.0586. The summed E-state index contributed by atoms with van der Waals surface area (Å²) in [6.07, 6.45) is 3.34. The van der Waals surface area contributed by atoms with Crippen LogP contribution in [0.4, 0.5) is 10.1 Å². The standard InChI is InChI=1S/C16H24FN3/c1-12(18)9-13-10-14(17)4-5-16(13)20-8-7-19-6-2-3-15(19)11-20/h4-5,10,12,15H,2-3,6-9,11,18H2,1H3. The highest BCUT2D eigenvalue weighted by Crippen LogP contribution is 2.28. The van der Waals surface area contributed by atoms with Crippen LogP contribution in [0.2, 0.25) is 0 Å². The molecule has 0 amide bonds. The fraction of sp³-hybridized carbons (Fsp3) is 0.625. The summed E-state index contributed by atoms with van der Waals surface area (Å²) >= 11 is 0. The molecule has 0 aliphatic carbocycles. The summed E-state index contributed by atoms with van der Waals surface area (Å²) in [6.45, 7) is 6.45. The van der Waals surface area contributed by atoms with Crippen molar-refractivity contribution in [1.29, 1.82) is 0 Å². The molecule has 1 aromatic rings. The largest absolute Gasteiger partial charge is 0.368 e. The van der Waals surface area contributed by atoms with Crippen molar-refractivity contribution < 1.29 is 4.39 Å². The predicted molar refractivity (Wildman–Crippen MR) is 80.6 cm³/mol. The van der Waals surface area contributed by atoms with Gasteiger partial charge in [-0.2, -0.15) is 0 Å². The van der Waals surface area contributed by atoms with Crippen LogP contribution >= 0.6 is 0 Å². The van der Waals surface area contributed by atoms with Crippen molar-refractivity contribution in [2.45, 2.75) is 38.3 Å². The van der Waals surface area contributed by atoms with Gasteiger partial charge in [0.15, 0.2) is 0 Å². The van der Waals surface area contributed by atoms with E-state index in [1.807, 2.05) is 13.0 Å². The first-order valence-electron chi connectivity index (χ1n) is 7.66. The summed E-state index contributed by atoms with van der Waals surface area (Å²) in [7, 11) is 0. The Hall–Kier alpha value is -1.13. The molecule has 3 rings (SSSR count). The number of nitrogens with two attached hydrogens (primary N) is 1. The molecule has 0 spiro atoms. The highest BCUT2D eigenvalue weighted by Gasteiger charge is 2.31. The van der Waals surface area contributed by atoms with E-state index in [4.69, 9.17) is 5.73 Å². The van der Waals surface area contributed by atoms with E-state index < -0.39 is 0 Å². The van der Waals surface area contributed by atoms with Gasteiger partial charge in [-0.05, 0) is 56.5 Å². The Balaban J connectivity index is 1.82. The summed E-state index contributed by atoms with van der Waals surface area (Å²) < 4.78 is 13.5. The lowest BCUT2D eigenvalue weighted by atomic mass is 10.0. The summed E-state index contributed by atoms with van der Waals surface area (Å²) in [5.74, 6) is -0.163. The highest BCUT2D eigenvalue weighted by molar-refractivity contribution is 5.55. The molecule has 0 aromatic heterocycles. The summed E-state index contributed by atoms with van der Waals surface area (Å²) in [4.78, 5) is 5.01. The van der Waals surface area contributed by atoms with Gasteiger partial charge in [0, 0.05) is 37.4 Å². The SMILES string of the molecule is CC(N)Cc1cc(F)ccc1N1CCN2CCCC2C1. The molecular weight excluding hydrogens is 253 g/mol. The first kappa shape index (κ1) is 13.8. The van der Waals surface area contributed by atoms with Gasteiger partial charge in [-0.15, -0.1) is 0 Å². The van der Waals surface area contributed by atoms with Crippen LogP contribution in [-0.2, 0) is 6.42 Å². The van der Waals surface area contributed by atoms with Crippen molar-refractivity contribution in [3.8, 4) is 0 Å². The van der Waals surface area contributed by atoms with E-state index in [0.717, 1.165) is 31.6 Å². The van der Waals surface area contributed by atoms with Crippen LogP contribution in [0.5, 0.6) is 0 Å². The van der Waals surface area contributed by atoms with Crippen LogP contribution in [0.1, 0.15) is 25.3 Å². The van der Waals surface area contributed by atoms with Gasteiger partial charge in [0.25, 0.3) is 0 Å². The molecule has 0 saturated carbocycles. The number of piperazine rings is 1. The average molecular weight is 277 g/mol. The fourth-order valence-corrected chi connectivity index (χ4v) is 3.58. The molecule has 2 atom stereocenters. The van der Waals surface area contributed by atoms with Gasteiger partial charge in [0.2, 0.25) is 0 Å². The van der Waals surface area contributed by atoms with E-state index in [-0.39, 0.29) is 11.9 Å². The number of halogens is 1. The molecule has 2 aliphatic rings. The maximum atomic E-state index is 13.5. The molecule has 20 heavy (non-hydrogen) atoms. The quantitative estimate of drug-likeness (QED) is 0.917. The van der Waals surface area contributed by atoms with E-state index in [9.17, 15) is 4.39 Å². The Morgan fingerprint density at radius 3 is 3.00 bits per heavy atom. The van der Waals surface area contributed by atoms with E-state index in [2.05, 4.69) is 9.80 Å². The lowest BCUT2D eigenvalue weighted by Crippen LogP contribution is -2.50. The lowest BCUT2D eigenvalue weighted by molar-refractivity contribution is 0.231. The molecule has 4 heteroatoms. The second kappa shape index (κ2) is 5.70. The molecule has 0 bridgehead atoms. The average Bonchev–Trinajstić information content (AvgIpc) is 2.85. The van der Waals surface area contributed by atoms with Gasteiger partial charge in [0.1, 0.15) is 5.82 Å². The molecule has 1 aromatic carbocycles. The third kappa shape index (κ3) is 2.81. The number of hydrogen-bond acceptors (Lipinski definition) is 3. The number of benzene rings is 1. The van der Waals surface area contributed by atoms with Gasteiger partial charge >= 0.3 is 0 Å². The summed E-state index contributed by atoms with van der Waals surface area (Å²) in [5, 5.41) is 0. The van der Waals surface area contributed by atoms with Crippen molar-refractivity contribution in [2.24, 2.45) is 5.73 Å². The number of fused-ring (bicyclic) bond motifs is 1. The Labute approximate surface area is 120 Å². The second-order valence-electron chi connectivity index (χ2n) is 6.23. The first-order valence-corrected chi connectivity index (χ1v) is 7.66. The fourth-order valence-electron chi connectivity index (χ4n) is 3.58. The van der Waals surface area contributed by atoms with E-state index >= 15 is 0 Å². The third-order valence-corrected chi connectivity index (χ3v) is 4.51. The molecular formula is C16H24FN3. The van der Waals surface area contributed by atoms with Gasteiger partial charge in [-0.3, -0.25) is 4.90 Å². The van der Waals surface area contributed by atoms with Crippen LogP contribution in [0.15, 0.2) is 18.2 Å². The zero-order valence-corrected chi connectivity index (χ0v) is 12.2. The normalized spacial score (nSPS) is 24.8. The van der Waals surface area contributed by atoms with Gasteiger partial charge in [-0.1, -0.05) is 0 Å². The summed E-state index contributed by atoms with van der Waals surface area (Å²) in [6, 6.07) is 5.89. The Kier molecular flexibility index (Phi) is 3.94. The van der Waals surface area contributed by atoms with Crippen LogP contribution in [0.25, 0.3) is 0 Å². The predicted octanol–water partition coefficient (Wildman–Crippen LogP) is 2.00. The number of nitrogens with zero attached hydrogens (tertiary/aromatic N) is 2. The second-order valence-corrected chi connectivity index (χ2v) is 6.23. The smallest absolute Gasteiger partial charge is 0.123 e.